The van der Waals surface area contributed by atoms with Crippen LogP contribution in [0.3, 0.4) is 0 Å². The highest BCUT2D eigenvalue weighted by Crippen LogP contribution is 2.56. The van der Waals surface area contributed by atoms with Crippen molar-refractivity contribution in [2.45, 2.75) is 18.3 Å². The molecule has 2 aliphatic rings. The summed E-state index contributed by atoms with van der Waals surface area (Å²) in [5.74, 6) is 1.05. The highest BCUT2D eigenvalue weighted by Gasteiger charge is 2.61. The molecule has 1 saturated heterocycles. The molecule has 3 aromatic carbocycles. The van der Waals surface area contributed by atoms with E-state index in [9.17, 15) is 9.59 Å². The summed E-state index contributed by atoms with van der Waals surface area (Å²) in [6, 6.07) is 21.2. The summed E-state index contributed by atoms with van der Waals surface area (Å²) in [5, 5.41) is 0. The van der Waals surface area contributed by atoms with E-state index in [-0.39, 0.29) is 17.6 Å². The van der Waals surface area contributed by atoms with Crippen LogP contribution in [0.1, 0.15) is 16.7 Å². The van der Waals surface area contributed by atoms with Crippen LogP contribution in [0.4, 0.5) is 11.4 Å². The van der Waals surface area contributed by atoms with E-state index in [1.54, 1.807) is 42.2 Å². The maximum atomic E-state index is 14.1. The van der Waals surface area contributed by atoms with Crippen molar-refractivity contribution in [1.82, 2.24) is 0 Å². The minimum Gasteiger partial charge on any atom is -0.493 e. The molecule has 6 nitrogen and oxygen atoms in total. The third-order valence-electron chi connectivity index (χ3n) is 6.11. The Morgan fingerprint density at radius 2 is 1.73 bits per heavy atom. The van der Waals surface area contributed by atoms with E-state index in [1.165, 1.54) is 11.8 Å². The van der Waals surface area contributed by atoms with E-state index >= 15 is 0 Å². The second-order valence-corrected chi connectivity index (χ2v) is 9.27. The molecule has 2 amide bonds. The van der Waals surface area contributed by atoms with Crippen molar-refractivity contribution < 1.29 is 19.1 Å². The molecule has 7 heteroatoms. The summed E-state index contributed by atoms with van der Waals surface area (Å²) < 4.78 is 10.8. The quantitative estimate of drug-likeness (QED) is 0.562. The summed E-state index contributed by atoms with van der Waals surface area (Å²) in [6.07, 6.45) is 0. The molecule has 168 valence electrons. The van der Waals surface area contributed by atoms with Crippen LogP contribution in [0.5, 0.6) is 11.5 Å². The van der Waals surface area contributed by atoms with Gasteiger partial charge in [-0.25, -0.2) is 0 Å². The molecule has 0 saturated carbocycles. The van der Waals surface area contributed by atoms with Gasteiger partial charge in [-0.3, -0.25) is 14.5 Å². The van der Waals surface area contributed by atoms with Gasteiger partial charge >= 0.3 is 0 Å². The van der Waals surface area contributed by atoms with E-state index < -0.39 is 4.87 Å². The molecule has 3 aromatic rings. The Morgan fingerprint density at radius 3 is 2.48 bits per heavy atom. The molecule has 1 fully saturated rings. The maximum Gasteiger partial charge on any atom is 0.269 e. The number of nitrogens with zero attached hydrogens (tertiary/aromatic N) is 2. The second kappa shape index (κ2) is 8.15. The van der Waals surface area contributed by atoms with Gasteiger partial charge in [-0.15, -0.1) is 11.8 Å². The van der Waals surface area contributed by atoms with Crippen LogP contribution in [0.2, 0.25) is 0 Å². The highest BCUT2D eigenvalue weighted by atomic mass is 32.2. The second-order valence-electron chi connectivity index (χ2n) is 8.10. The Hall–Kier alpha value is -3.45. The monoisotopic (exact) mass is 460 g/mol. The number of methoxy groups -OCH3 is 2. The van der Waals surface area contributed by atoms with Crippen molar-refractivity contribution in [3.05, 3.63) is 83.4 Å². The van der Waals surface area contributed by atoms with Crippen molar-refractivity contribution in [3.63, 3.8) is 0 Å². The van der Waals surface area contributed by atoms with E-state index in [4.69, 9.17) is 9.47 Å². The number of fused-ring (bicyclic) bond motifs is 2. The Bertz CT molecular complexity index is 1260. The van der Waals surface area contributed by atoms with E-state index in [2.05, 4.69) is 6.07 Å². The van der Waals surface area contributed by atoms with Gasteiger partial charge in [-0.2, -0.15) is 0 Å². The number of anilines is 2. The predicted molar refractivity (Wildman–Crippen MR) is 130 cm³/mol. The highest BCUT2D eigenvalue weighted by molar-refractivity contribution is 8.02. The average molecular weight is 461 g/mol. The van der Waals surface area contributed by atoms with Gasteiger partial charge in [-0.1, -0.05) is 48.0 Å². The summed E-state index contributed by atoms with van der Waals surface area (Å²) in [4.78, 5) is 29.6. The molecule has 0 aliphatic carbocycles. The lowest BCUT2D eigenvalue weighted by Crippen LogP contribution is -2.49. The number of rotatable bonds is 5. The molecule has 0 aromatic heterocycles. The van der Waals surface area contributed by atoms with Crippen molar-refractivity contribution >= 4 is 35.0 Å². The fraction of sp³-hybridized carbons (Fsp3) is 0.231. The Morgan fingerprint density at radius 1 is 0.939 bits per heavy atom. The molecule has 0 N–H and O–H groups in total. The number of thioether (sulfide) groups is 1. The molecular formula is C26H24N2O4S. The van der Waals surface area contributed by atoms with Crippen LogP contribution in [-0.2, 0) is 21.0 Å². The zero-order valence-electron chi connectivity index (χ0n) is 18.7. The van der Waals surface area contributed by atoms with Crippen LogP contribution in [0, 0.1) is 6.92 Å². The largest absolute Gasteiger partial charge is 0.493 e. The van der Waals surface area contributed by atoms with Crippen LogP contribution in [-0.4, -0.2) is 31.8 Å². The molecular weight excluding hydrogens is 436 g/mol. The Balaban J connectivity index is 1.63. The fourth-order valence-electron chi connectivity index (χ4n) is 4.67. The van der Waals surface area contributed by atoms with Crippen LogP contribution in [0.15, 0.2) is 66.7 Å². The first-order valence-corrected chi connectivity index (χ1v) is 11.6. The lowest BCUT2D eigenvalue weighted by molar-refractivity contribution is -0.123. The van der Waals surface area contributed by atoms with Crippen LogP contribution in [0.25, 0.3) is 0 Å². The topological polar surface area (TPSA) is 59.1 Å². The zero-order valence-corrected chi connectivity index (χ0v) is 19.5. The lowest BCUT2D eigenvalue weighted by atomic mass is 10.0. The van der Waals surface area contributed by atoms with Gasteiger partial charge in [0.05, 0.1) is 32.2 Å². The minimum absolute atomic E-state index is 0.115. The number of carbonyl (C=O) groups is 2. The Labute approximate surface area is 197 Å². The van der Waals surface area contributed by atoms with Crippen molar-refractivity contribution in [1.29, 1.82) is 0 Å². The summed E-state index contributed by atoms with van der Waals surface area (Å²) in [6.45, 7) is 2.48. The van der Waals surface area contributed by atoms with Gasteiger partial charge in [0, 0.05) is 17.3 Å². The minimum atomic E-state index is -1.16. The molecule has 1 spiro atoms. The van der Waals surface area contributed by atoms with Crippen molar-refractivity contribution in [2.75, 3.05) is 29.8 Å². The lowest BCUT2D eigenvalue weighted by Gasteiger charge is -2.33. The third kappa shape index (κ3) is 3.26. The number of aryl methyl sites for hydroxylation is 1. The third-order valence-corrected chi connectivity index (χ3v) is 7.50. The van der Waals surface area contributed by atoms with E-state index in [1.807, 2.05) is 49.4 Å². The van der Waals surface area contributed by atoms with E-state index in [0.717, 1.165) is 22.4 Å². The predicted octanol–water partition coefficient (Wildman–Crippen LogP) is 4.49. The average Bonchev–Trinajstić information content (AvgIpc) is 3.29. The maximum absolute atomic E-state index is 14.1. The van der Waals surface area contributed by atoms with Gasteiger partial charge < -0.3 is 14.4 Å². The SMILES string of the molecule is COc1ccc(N2C(=O)CSC23C(=O)N(Cc2cccc(C)c2)c2ccccc23)cc1OC. The summed E-state index contributed by atoms with van der Waals surface area (Å²) >= 11 is 1.37. The number of hydrogen-bond acceptors (Lipinski definition) is 5. The smallest absolute Gasteiger partial charge is 0.269 e. The number of amides is 2. The van der Waals surface area contributed by atoms with Gasteiger partial charge in [0.25, 0.3) is 5.91 Å². The van der Waals surface area contributed by atoms with Crippen LogP contribution < -0.4 is 19.3 Å². The zero-order chi connectivity index (χ0) is 23.2. The molecule has 1 atom stereocenters. The summed E-state index contributed by atoms with van der Waals surface area (Å²) in [7, 11) is 3.12. The molecule has 1 unspecified atom stereocenters. The number of para-hydroxylation sites is 1. The first-order chi connectivity index (χ1) is 16.0. The first-order valence-electron chi connectivity index (χ1n) is 10.7. The number of benzene rings is 3. The Kier molecular flexibility index (Phi) is 5.29. The summed E-state index contributed by atoms with van der Waals surface area (Å²) in [5.41, 5.74) is 4.44. The number of hydrogen-bond donors (Lipinski definition) is 0. The standard InChI is InChI=1S/C26H24N2O4S/c1-17-7-6-8-18(13-17)15-27-21-10-5-4-9-20(21)26(25(27)30)28(24(29)16-33-26)19-11-12-22(31-2)23(14-19)32-3/h4-14H,15-16H2,1-3H3. The molecule has 5 rings (SSSR count). The first kappa shape index (κ1) is 21.4. The normalized spacial score (nSPS) is 19.4. The molecule has 0 bridgehead atoms. The molecule has 2 heterocycles. The van der Waals surface area contributed by atoms with Gasteiger partial charge in [0.1, 0.15) is 0 Å². The molecule has 2 aliphatic heterocycles. The van der Waals surface area contributed by atoms with Gasteiger partial charge in [-0.05, 0) is 30.7 Å². The molecule has 0 radical (unpaired) electrons. The fourth-order valence-corrected chi connectivity index (χ4v) is 6.03. The van der Waals surface area contributed by atoms with Crippen LogP contribution >= 0.6 is 11.8 Å². The van der Waals surface area contributed by atoms with Gasteiger partial charge in [0.15, 0.2) is 11.5 Å². The van der Waals surface area contributed by atoms with Crippen molar-refractivity contribution in [2.24, 2.45) is 0 Å². The van der Waals surface area contributed by atoms with E-state index in [0.29, 0.717) is 23.7 Å². The van der Waals surface area contributed by atoms with Gasteiger partial charge in [0.2, 0.25) is 10.8 Å². The number of carbonyl (C=O) groups excluding carboxylic acids is 2. The molecule has 33 heavy (non-hydrogen) atoms. The number of ether oxygens (including phenoxy) is 2. The van der Waals surface area contributed by atoms with Crippen molar-refractivity contribution in [3.8, 4) is 11.5 Å².